The van der Waals surface area contributed by atoms with Crippen LogP contribution in [0.2, 0.25) is 0 Å². The molecule has 1 aromatic rings. The Morgan fingerprint density at radius 1 is 1.12 bits per heavy atom. The zero-order valence-corrected chi connectivity index (χ0v) is 15.0. The molecule has 0 aliphatic carbocycles. The molecule has 25 heavy (non-hydrogen) atoms. The van der Waals surface area contributed by atoms with Gasteiger partial charge < -0.3 is 9.64 Å². The van der Waals surface area contributed by atoms with Gasteiger partial charge in [0.1, 0.15) is 12.4 Å². The Kier molecular flexibility index (Phi) is 6.36. The van der Waals surface area contributed by atoms with E-state index in [4.69, 9.17) is 11.2 Å². The minimum Gasteiger partial charge on any atom is -0.481 e. The number of terminal acetylenes is 1. The Morgan fingerprint density at radius 3 is 2.44 bits per heavy atom. The molecule has 0 aromatic heterocycles. The third-order valence-electron chi connectivity index (χ3n) is 5.28. The van der Waals surface area contributed by atoms with Crippen LogP contribution in [0.25, 0.3) is 0 Å². The number of ether oxygens (including phenoxy) is 1. The lowest BCUT2D eigenvalue weighted by atomic mass is 9.92. The minimum atomic E-state index is 0.309. The standard InChI is InChI=1S/C21H28N2O2/c1-2-15-25-20-7-5-19(6-8-20)17-22-13-9-18(10-14-22)16-21(24)23-11-3-4-12-23/h1,5-8,18H,3-4,9-17H2. The van der Waals surface area contributed by atoms with E-state index in [1.165, 1.54) is 18.4 Å². The zero-order chi connectivity index (χ0) is 17.5. The molecule has 2 saturated heterocycles. The lowest BCUT2D eigenvalue weighted by molar-refractivity contribution is -0.131. The number of rotatable bonds is 6. The Bertz CT molecular complexity index is 591. The van der Waals surface area contributed by atoms with Crippen molar-refractivity contribution in [1.82, 2.24) is 9.80 Å². The van der Waals surface area contributed by atoms with E-state index in [0.29, 0.717) is 18.4 Å². The van der Waals surface area contributed by atoms with Crippen molar-refractivity contribution in [2.45, 2.75) is 38.6 Å². The predicted molar refractivity (Wildman–Crippen MR) is 99.2 cm³/mol. The number of hydrogen-bond acceptors (Lipinski definition) is 3. The summed E-state index contributed by atoms with van der Waals surface area (Å²) >= 11 is 0. The van der Waals surface area contributed by atoms with Gasteiger partial charge in [-0.25, -0.2) is 0 Å². The average Bonchev–Trinajstić information content (AvgIpc) is 3.18. The van der Waals surface area contributed by atoms with Gasteiger partial charge in [0.05, 0.1) is 0 Å². The fraction of sp³-hybridized carbons (Fsp3) is 0.571. The van der Waals surface area contributed by atoms with Crippen molar-refractivity contribution in [3.8, 4) is 18.1 Å². The third-order valence-corrected chi connectivity index (χ3v) is 5.28. The van der Waals surface area contributed by atoms with Crippen LogP contribution >= 0.6 is 0 Å². The van der Waals surface area contributed by atoms with Crippen molar-refractivity contribution in [2.24, 2.45) is 5.92 Å². The molecule has 2 aliphatic heterocycles. The largest absolute Gasteiger partial charge is 0.481 e. The van der Waals surface area contributed by atoms with Gasteiger partial charge in [0.15, 0.2) is 0 Å². The molecule has 1 aromatic carbocycles. The lowest BCUT2D eigenvalue weighted by Crippen LogP contribution is -2.36. The number of carbonyl (C=O) groups is 1. The van der Waals surface area contributed by atoms with Crippen LogP contribution in [0.5, 0.6) is 5.75 Å². The Hall–Kier alpha value is -1.99. The summed E-state index contributed by atoms with van der Waals surface area (Å²) in [6.45, 7) is 5.36. The predicted octanol–water partition coefficient (Wildman–Crippen LogP) is 2.92. The minimum absolute atomic E-state index is 0.309. The van der Waals surface area contributed by atoms with Crippen LogP contribution in [0.3, 0.4) is 0 Å². The molecule has 2 heterocycles. The van der Waals surface area contributed by atoms with E-state index < -0.39 is 0 Å². The number of likely N-dealkylation sites (tertiary alicyclic amines) is 2. The number of benzene rings is 1. The van der Waals surface area contributed by atoms with Gasteiger partial charge in [-0.05, 0) is 62.4 Å². The molecule has 0 spiro atoms. The quantitative estimate of drug-likeness (QED) is 0.747. The molecule has 1 amide bonds. The van der Waals surface area contributed by atoms with Crippen molar-refractivity contribution < 1.29 is 9.53 Å². The molecular formula is C21H28N2O2. The maximum Gasteiger partial charge on any atom is 0.222 e. The number of amides is 1. The monoisotopic (exact) mass is 340 g/mol. The second kappa shape index (κ2) is 8.92. The topological polar surface area (TPSA) is 32.8 Å². The highest BCUT2D eigenvalue weighted by molar-refractivity contribution is 5.76. The summed E-state index contributed by atoms with van der Waals surface area (Å²) in [5, 5.41) is 0. The molecule has 2 fully saturated rings. The first-order valence-electron chi connectivity index (χ1n) is 9.40. The third kappa shape index (κ3) is 5.24. The van der Waals surface area contributed by atoms with Crippen LogP contribution in [-0.4, -0.2) is 48.5 Å². The average molecular weight is 340 g/mol. The maximum atomic E-state index is 12.3. The van der Waals surface area contributed by atoms with Gasteiger partial charge in [-0.1, -0.05) is 18.1 Å². The van der Waals surface area contributed by atoms with E-state index in [0.717, 1.165) is 57.7 Å². The van der Waals surface area contributed by atoms with E-state index in [9.17, 15) is 4.79 Å². The molecule has 2 aliphatic rings. The Balaban J connectivity index is 1.40. The second-order valence-corrected chi connectivity index (χ2v) is 7.15. The molecule has 0 bridgehead atoms. The number of carbonyl (C=O) groups excluding carboxylic acids is 1. The molecule has 0 atom stereocenters. The molecule has 0 radical (unpaired) electrons. The number of piperidine rings is 1. The van der Waals surface area contributed by atoms with E-state index in [-0.39, 0.29) is 0 Å². The summed E-state index contributed by atoms with van der Waals surface area (Å²) in [4.78, 5) is 16.8. The van der Waals surface area contributed by atoms with E-state index in [1.54, 1.807) is 0 Å². The first kappa shape index (κ1) is 17.8. The first-order chi connectivity index (χ1) is 12.2. The molecule has 134 valence electrons. The maximum absolute atomic E-state index is 12.3. The van der Waals surface area contributed by atoms with Gasteiger partial charge in [0.25, 0.3) is 0 Å². The molecule has 0 unspecified atom stereocenters. The Labute approximate surface area is 151 Å². The van der Waals surface area contributed by atoms with Crippen LogP contribution in [0, 0.1) is 18.3 Å². The smallest absolute Gasteiger partial charge is 0.222 e. The fourth-order valence-electron chi connectivity index (χ4n) is 3.77. The molecule has 4 heteroatoms. The summed E-state index contributed by atoms with van der Waals surface area (Å²) in [6.07, 6.45) is 10.6. The SMILES string of the molecule is C#CCOc1ccc(CN2CCC(CC(=O)N3CCCC3)CC2)cc1. The molecular weight excluding hydrogens is 312 g/mol. The summed E-state index contributed by atoms with van der Waals surface area (Å²) in [5.41, 5.74) is 1.29. The van der Waals surface area contributed by atoms with Crippen molar-refractivity contribution >= 4 is 5.91 Å². The normalized spacial score (nSPS) is 18.9. The van der Waals surface area contributed by atoms with Gasteiger partial charge in [-0.15, -0.1) is 6.42 Å². The summed E-state index contributed by atoms with van der Waals surface area (Å²) in [6, 6.07) is 8.17. The lowest BCUT2D eigenvalue weighted by Gasteiger charge is -2.32. The Morgan fingerprint density at radius 2 is 1.80 bits per heavy atom. The molecule has 0 N–H and O–H groups in total. The molecule has 3 rings (SSSR count). The van der Waals surface area contributed by atoms with Gasteiger partial charge in [0.2, 0.25) is 5.91 Å². The first-order valence-corrected chi connectivity index (χ1v) is 9.40. The van der Waals surface area contributed by atoms with Gasteiger partial charge in [-0.3, -0.25) is 9.69 Å². The van der Waals surface area contributed by atoms with E-state index in [2.05, 4.69) is 27.9 Å². The van der Waals surface area contributed by atoms with E-state index in [1.807, 2.05) is 12.1 Å². The van der Waals surface area contributed by atoms with Crippen molar-refractivity contribution in [3.63, 3.8) is 0 Å². The van der Waals surface area contributed by atoms with Gasteiger partial charge >= 0.3 is 0 Å². The van der Waals surface area contributed by atoms with Crippen molar-refractivity contribution in [3.05, 3.63) is 29.8 Å². The van der Waals surface area contributed by atoms with Crippen LogP contribution in [-0.2, 0) is 11.3 Å². The number of hydrogen-bond donors (Lipinski definition) is 0. The summed E-state index contributed by atoms with van der Waals surface area (Å²) in [7, 11) is 0. The highest BCUT2D eigenvalue weighted by Crippen LogP contribution is 2.24. The summed E-state index contributed by atoms with van der Waals surface area (Å²) < 4.78 is 5.41. The number of nitrogens with zero attached hydrogens (tertiary/aromatic N) is 2. The zero-order valence-electron chi connectivity index (χ0n) is 15.0. The summed E-state index contributed by atoms with van der Waals surface area (Å²) in [5.74, 6) is 4.23. The molecule has 4 nitrogen and oxygen atoms in total. The van der Waals surface area contributed by atoms with Crippen LogP contribution < -0.4 is 4.74 Å². The van der Waals surface area contributed by atoms with Crippen molar-refractivity contribution in [2.75, 3.05) is 32.8 Å². The molecule has 0 saturated carbocycles. The van der Waals surface area contributed by atoms with E-state index >= 15 is 0 Å². The second-order valence-electron chi connectivity index (χ2n) is 7.15. The van der Waals surface area contributed by atoms with Crippen molar-refractivity contribution in [1.29, 1.82) is 0 Å². The highest BCUT2D eigenvalue weighted by Gasteiger charge is 2.25. The van der Waals surface area contributed by atoms with Gasteiger partial charge in [0, 0.05) is 26.1 Å². The fourth-order valence-corrected chi connectivity index (χ4v) is 3.77. The van der Waals surface area contributed by atoms with Crippen LogP contribution in [0.1, 0.15) is 37.7 Å². The van der Waals surface area contributed by atoms with Crippen LogP contribution in [0.4, 0.5) is 0 Å². The van der Waals surface area contributed by atoms with Crippen LogP contribution in [0.15, 0.2) is 24.3 Å². The van der Waals surface area contributed by atoms with Gasteiger partial charge in [-0.2, -0.15) is 0 Å². The highest BCUT2D eigenvalue weighted by atomic mass is 16.5.